The van der Waals surface area contributed by atoms with Crippen molar-refractivity contribution in [1.82, 2.24) is 19.7 Å². The zero-order chi connectivity index (χ0) is 19.6. The molecular weight excluding hydrogens is 401 g/mol. The molecule has 1 aromatic carbocycles. The van der Waals surface area contributed by atoms with Crippen LogP contribution in [0.15, 0.2) is 47.1 Å². The maximum Gasteiger partial charge on any atom is 0.284 e. The summed E-state index contributed by atoms with van der Waals surface area (Å²) in [6, 6.07) is 1.97. The van der Waals surface area contributed by atoms with Gasteiger partial charge in [-0.15, -0.1) is 11.3 Å². The van der Waals surface area contributed by atoms with E-state index < -0.39 is 37.3 Å². The number of non-ortho nitro benzene ring substituents is 1. The molecule has 0 bridgehead atoms. The fourth-order valence-corrected chi connectivity index (χ4v) is 3.74. The molecule has 1 N–H and O–H groups in total. The average molecular weight is 409 g/mol. The first-order valence-corrected chi connectivity index (χ1v) is 9.37. The number of thiazole rings is 1. The molecule has 0 atom stereocenters. The Bertz CT molecular complexity index is 1130. The fourth-order valence-electron chi connectivity index (χ4n) is 1.96. The van der Waals surface area contributed by atoms with Gasteiger partial charge < -0.3 is 0 Å². The van der Waals surface area contributed by atoms with Crippen molar-refractivity contribution in [3.8, 4) is 10.7 Å². The summed E-state index contributed by atoms with van der Waals surface area (Å²) in [5.74, 6) is -2.44. The molecule has 27 heavy (non-hydrogen) atoms. The lowest BCUT2D eigenvalue weighted by Gasteiger charge is -2.06. The van der Waals surface area contributed by atoms with Crippen molar-refractivity contribution in [3.63, 3.8) is 0 Å². The number of nitro benzene ring substituents is 1. The van der Waals surface area contributed by atoms with Crippen LogP contribution < -0.4 is 4.72 Å². The number of sulfonamides is 1. The molecule has 2 aromatic heterocycles. The Morgan fingerprint density at radius 3 is 2.70 bits per heavy atom. The van der Waals surface area contributed by atoms with E-state index in [1.54, 1.807) is 4.72 Å². The van der Waals surface area contributed by atoms with Gasteiger partial charge in [0.05, 0.1) is 17.2 Å². The van der Waals surface area contributed by atoms with Crippen molar-refractivity contribution < 1.29 is 22.5 Å². The molecule has 1 amide bonds. The van der Waals surface area contributed by atoms with Gasteiger partial charge in [-0.2, -0.15) is 0 Å². The summed E-state index contributed by atoms with van der Waals surface area (Å²) >= 11 is 1.04. The van der Waals surface area contributed by atoms with E-state index in [1.807, 2.05) is 0 Å². The van der Waals surface area contributed by atoms with Gasteiger partial charge in [0.1, 0.15) is 21.3 Å². The highest BCUT2D eigenvalue weighted by Gasteiger charge is 2.25. The van der Waals surface area contributed by atoms with Gasteiger partial charge in [-0.05, 0) is 6.07 Å². The number of aromatic nitrogens is 3. The van der Waals surface area contributed by atoms with Crippen molar-refractivity contribution in [2.24, 2.45) is 0 Å². The second-order valence-corrected chi connectivity index (χ2v) is 7.44. The number of carbonyl (C=O) groups excluding carboxylic acids is 1. The quantitative estimate of drug-likeness (QED) is 0.496. The van der Waals surface area contributed by atoms with Gasteiger partial charge in [-0.3, -0.25) is 24.9 Å². The molecular formula is C14H8FN5O5S2. The fraction of sp³-hybridized carbons (Fsp3) is 0. The highest BCUT2D eigenvalue weighted by atomic mass is 32.2. The lowest BCUT2D eigenvalue weighted by atomic mass is 10.3. The second kappa shape index (κ2) is 7.13. The topological polar surface area (TPSA) is 145 Å². The minimum Gasteiger partial charge on any atom is -0.266 e. The van der Waals surface area contributed by atoms with E-state index in [9.17, 15) is 27.7 Å². The Hall–Kier alpha value is -3.32. The molecule has 0 unspecified atom stereocenters. The number of nitro groups is 1. The average Bonchev–Trinajstić information content (AvgIpc) is 3.12. The number of amides is 1. The van der Waals surface area contributed by atoms with Crippen molar-refractivity contribution in [2.75, 3.05) is 0 Å². The predicted octanol–water partition coefficient (Wildman–Crippen LogP) is 1.77. The number of nitrogens with zero attached hydrogens (tertiary/aromatic N) is 4. The zero-order valence-electron chi connectivity index (χ0n) is 13.1. The molecule has 2 heterocycles. The molecule has 138 valence electrons. The summed E-state index contributed by atoms with van der Waals surface area (Å²) in [5.41, 5.74) is -0.441. The van der Waals surface area contributed by atoms with E-state index in [1.165, 1.54) is 24.0 Å². The van der Waals surface area contributed by atoms with Crippen LogP contribution in [0.25, 0.3) is 10.7 Å². The zero-order valence-corrected chi connectivity index (χ0v) is 14.7. The Morgan fingerprint density at radius 1 is 1.30 bits per heavy atom. The van der Waals surface area contributed by atoms with Crippen LogP contribution in [0, 0.1) is 15.9 Å². The number of carbonyl (C=O) groups is 1. The molecule has 10 nitrogen and oxygen atoms in total. The number of rotatable bonds is 5. The molecule has 0 aliphatic heterocycles. The van der Waals surface area contributed by atoms with Crippen LogP contribution in [0.1, 0.15) is 10.5 Å². The lowest BCUT2D eigenvalue weighted by molar-refractivity contribution is -0.385. The summed E-state index contributed by atoms with van der Waals surface area (Å²) < 4.78 is 40.0. The minimum absolute atomic E-state index is 0.216. The third-order valence-corrected chi connectivity index (χ3v) is 5.39. The predicted molar refractivity (Wildman–Crippen MR) is 90.8 cm³/mol. The smallest absolute Gasteiger partial charge is 0.266 e. The second-order valence-electron chi connectivity index (χ2n) is 4.94. The number of halogens is 1. The summed E-state index contributed by atoms with van der Waals surface area (Å²) in [7, 11) is -4.60. The van der Waals surface area contributed by atoms with Gasteiger partial charge in [-0.25, -0.2) is 22.5 Å². The van der Waals surface area contributed by atoms with Crippen LogP contribution in [-0.4, -0.2) is 34.2 Å². The molecule has 0 spiro atoms. The number of hydrogen-bond donors (Lipinski definition) is 1. The third-order valence-electron chi connectivity index (χ3n) is 3.16. The van der Waals surface area contributed by atoms with Crippen LogP contribution in [0.2, 0.25) is 0 Å². The van der Waals surface area contributed by atoms with Crippen LogP contribution in [-0.2, 0) is 10.0 Å². The molecule has 0 aliphatic rings. The van der Waals surface area contributed by atoms with Crippen molar-refractivity contribution in [1.29, 1.82) is 0 Å². The van der Waals surface area contributed by atoms with Crippen LogP contribution >= 0.6 is 11.3 Å². The molecule has 0 aliphatic carbocycles. The van der Waals surface area contributed by atoms with Crippen molar-refractivity contribution in [2.45, 2.75) is 4.90 Å². The van der Waals surface area contributed by atoms with Crippen molar-refractivity contribution in [3.05, 3.63) is 63.8 Å². The maximum absolute atomic E-state index is 13.9. The standard InChI is InChI=1S/C14H8FN5O5S2/c15-9-5-8(20(22)23)1-2-12(9)27(24,25)19-13(21)11-7-26-14(18-11)10-6-16-3-4-17-10/h1-7H,(H,19,21). The highest BCUT2D eigenvalue weighted by molar-refractivity contribution is 7.90. The maximum atomic E-state index is 13.9. The molecule has 3 rings (SSSR count). The normalized spacial score (nSPS) is 11.1. The first-order chi connectivity index (χ1) is 12.8. The van der Waals surface area contributed by atoms with Crippen molar-refractivity contribution >= 4 is 33.0 Å². The summed E-state index contributed by atoms with van der Waals surface area (Å²) in [4.78, 5) is 32.8. The van der Waals surface area contributed by atoms with Gasteiger partial charge in [0.2, 0.25) is 0 Å². The van der Waals surface area contributed by atoms with Gasteiger partial charge in [-0.1, -0.05) is 0 Å². The molecule has 0 saturated heterocycles. The van der Waals surface area contributed by atoms with E-state index >= 15 is 0 Å². The highest BCUT2D eigenvalue weighted by Crippen LogP contribution is 2.22. The number of hydrogen-bond acceptors (Lipinski definition) is 9. The van der Waals surface area contributed by atoms with Crippen LogP contribution in [0.4, 0.5) is 10.1 Å². The Kier molecular flexibility index (Phi) is 4.87. The van der Waals surface area contributed by atoms with E-state index in [2.05, 4.69) is 15.0 Å². The Balaban J connectivity index is 1.83. The van der Waals surface area contributed by atoms with Crippen LogP contribution in [0.5, 0.6) is 0 Å². The molecule has 13 heteroatoms. The first-order valence-electron chi connectivity index (χ1n) is 7.01. The minimum atomic E-state index is -4.60. The summed E-state index contributed by atoms with van der Waals surface area (Å²) in [6.07, 6.45) is 4.30. The van der Waals surface area contributed by atoms with E-state index in [4.69, 9.17) is 0 Å². The summed E-state index contributed by atoms with van der Waals surface area (Å²) in [6.45, 7) is 0. The first kappa shape index (κ1) is 18.5. The Morgan fingerprint density at radius 2 is 2.07 bits per heavy atom. The van der Waals surface area contributed by atoms with E-state index in [0.717, 1.165) is 17.4 Å². The molecule has 0 fully saturated rings. The molecule has 0 saturated carbocycles. The largest absolute Gasteiger partial charge is 0.284 e. The van der Waals surface area contributed by atoms with Gasteiger partial charge in [0, 0.05) is 23.8 Å². The van der Waals surface area contributed by atoms with Gasteiger partial charge >= 0.3 is 0 Å². The van der Waals surface area contributed by atoms with Crippen LogP contribution in [0.3, 0.4) is 0 Å². The monoisotopic (exact) mass is 409 g/mol. The van der Waals surface area contributed by atoms with Gasteiger partial charge in [0.25, 0.3) is 21.6 Å². The molecule has 3 aromatic rings. The SMILES string of the molecule is O=C(NS(=O)(=O)c1ccc([N+](=O)[O-])cc1F)c1csc(-c2cnccn2)n1. The van der Waals surface area contributed by atoms with E-state index in [-0.39, 0.29) is 5.69 Å². The number of nitrogens with one attached hydrogen (secondary N) is 1. The van der Waals surface area contributed by atoms with Gasteiger partial charge in [0.15, 0.2) is 5.82 Å². The molecule has 0 radical (unpaired) electrons. The summed E-state index contributed by atoms with van der Waals surface area (Å²) in [5, 5.41) is 12.2. The number of benzene rings is 1. The third kappa shape index (κ3) is 3.93. The Labute approximate surface area is 155 Å². The van der Waals surface area contributed by atoms with E-state index in [0.29, 0.717) is 22.8 Å². The lowest BCUT2D eigenvalue weighted by Crippen LogP contribution is -2.31.